The van der Waals surface area contributed by atoms with Crippen molar-refractivity contribution < 1.29 is 0 Å². The molecule has 0 saturated carbocycles. The van der Waals surface area contributed by atoms with E-state index in [-0.39, 0.29) is 0 Å². The van der Waals surface area contributed by atoms with Crippen LogP contribution in [0.3, 0.4) is 0 Å². The second-order valence-corrected chi connectivity index (χ2v) is 34.1. The van der Waals surface area contributed by atoms with Gasteiger partial charge in [0.25, 0.3) is 0 Å². The molecule has 25 aromatic rings. The molecule has 18 aromatic carbocycles. The Morgan fingerprint density at radius 2 is 0.493 bits per heavy atom. The number of nitrogens with zero attached hydrogens (tertiary/aromatic N) is 10. The SMILES string of the molecule is Cc1ccc(N(c2ccc(-n3c4ccccc4c4ccccc43)cc2)c2cccc3c2c2ccccc2n3-c2cnc3ccccc3c2)cc1.Cc1ccc(N(c2ccc(C)cc2)c2cccc3c2c2ccccc2n3-c2cccc(-c3ccccc3)n2)cc1.c1ccc(-c2ccc(N(c3ccccc3)c3cccc4c3c3ccccc3n4-c3cccc(-c4ccccc4)n3)cc2)cc1. The van der Waals surface area contributed by atoms with Gasteiger partial charge < -0.3 is 23.8 Å². The first-order valence-electron chi connectivity index (χ1n) is 45.6. The van der Waals surface area contributed by atoms with E-state index in [2.05, 4.69) is 521 Å². The normalized spacial score (nSPS) is 11.4. The molecule has 636 valence electrons. The highest BCUT2D eigenvalue weighted by Gasteiger charge is 2.27. The van der Waals surface area contributed by atoms with E-state index in [4.69, 9.17) is 15.0 Å². The average Bonchev–Trinajstić information content (AvgIpc) is 1.60. The summed E-state index contributed by atoms with van der Waals surface area (Å²) in [5, 5.41) is 10.8. The summed E-state index contributed by atoms with van der Waals surface area (Å²) in [5.74, 6) is 1.80. The van der Waals surface area contributed by atoms with Crippen LogP contribution in [0.5, 0.6) is 0 Å². The topological polar surface area (TPSA) is 68.1 Å². The molecule has 134 heavy (non-hydrogen) atoms. The molecule has 10 nitrogen and oxygen atoms in total. The molecule has 0 amide bonds. The molecule has 0 bridgehead atoms. The summed E-state index contributed by atoms with van der Waals surface area (Å²) in [4.78, 5) is 22.3. The van der Waals surface area contributed by atoms with Gasteiger partial charge in [0, 0.05) is 99.4 Å². The second kappa shape index (κ2) is 35.0. The predicted molar refractivity (Wildman–Crippen MR) is 562 cm³/mol. The monoisotopic (exact) mass is 1720 g/mol. The number of hydrogen-bond donors (Lipinski definition) is 0. The van der Waals surface area contributed by atoms with E-state index < -0.39 is 0 Å². The van der Waals surface area contributed by atoms with Gasteiger partial charge in [-0.05, 0) is 220 Å². The first kappa shape index (κ1) is 80.8. The maximum atomic E-state index is 5.16. The van der Waals surface area contributed by atoms with E-state index in [0.29, 0.717) is 0 Å². The maximum Gasteiger partial charge on any atom is 0.138 e. The van der Waals surface area contributed by atoms with Crippen molar-refractivity contribution in [2.24, 2.45) is 0 Å². The Kier molecular flexibility index (Phi) is 21.1. The molecular formula is C124H90N10. The number of pyridine rings is 3. The Morgan fingerprint density at radius 1 is 0.201 bits per heavy atom. The van der Waals surface area contributed by atoms with Crippen LogP contribution in [-0.4, -0.2) is 33.2 Å². The number of para-hydroxylation sites is 7. The molecule has 0 saturated heterocycles. The van der Waals surface area contributed by atoms with Gasteiger partial charge in [-0.25, -0.2) is 9.97 Å². The van der Waals surface area contributed by atoms with Gasteiger partial charge in [0.1, 0.15) is 11.6 Å². The van der Waals surface area contributed by atoms with E-state index in [1.165, 1.54) is 81.9 Å². The lowest BCUT2D eigenvalue weighted by Gasteiger charge is -2.27. The van der Waals surface area contributed by atoms with Gasteiger partial charge in [-0.3, -0.25) is 14.1 Å². The lowest BCUT2D eigenvalue weighted by molar-refractivity contribution is 1.08. The van der Waals surface area contributed by atoms with Crippen LogP contribution in [-0.2, 0) is 0 Å². The predicted octanol–water partition coefficient (Wildman–Crippen LogP) is 33.1. The number of anilines is 9. The van der Waals surface area contributed by atoms with E-state index in [9.17, 15) is 0 Å². The van der Waals surface area contributed by atoms with Crippen molar-refractivity contribution in [3.05, 3.63) is 508 Å². The third-order valence-corrected chi connectivity index (χ3v) is 25.7. The van der Waals surface area contributed by atoms with Crippen molar-refractivity contribution in [2.45, 2.75) is 20.8 Å². The number of aromatic nitrogens is 7. The molecule has 0 aliphatic carbocycles. The number of aryl methyl sites for hydroxylation is 3. The van der Waals surface area contributed by atoms with Crippen LogP contribution in [0, 0.1) is 20.8 Å². The summed E-state index contributed by atoms with van der Waals surface area (Å²) in [5.41, 5.74) is 32.7. The Hall–Kier alpha value is -17.7. The van der Waals surface area contributed by atoms with Crippen molar-refractivity contribution in [3.63, 3.8) is 0 Å². The van der Waals surface area contributed by atoms with Crippen LogP contribution >= 0.6 is 0 Å². The average molecular weight is 1720 g/mol. The molecule has 25 rings (SSSR count). The molecule has 0 atom stereocenters. The summed E-state index contributed by atoms with van der Waals surface area (Å²) >= 11 is 0. The molecule has 0 N–H and O–H groups in total. The van der Waals surface area contributed by atoms with Crippen molar-refractivity contribution in [1.29, 1.82) is 0 Å². The highest BCUT2D eigenvalue weighted by atomic mass is 15.2. The highest BCUT2D eigenvalue weighted by Crippen LogP contribution is 2.49. The zero-order valence-corrected chi connectivity index (χ0v) is 74.2. The fraction of sp³-hybridized carbons (Fsp3) is 0.0242. The van der Waals surface area contributed by atoms with Crippen LogP contribution in [0.1, 0.15) is 16.7 Å². The minimum Gasteiger partial charge on any atom is -0.310 e. The molecule has 10 heteroatoms. The fourth-order valence-corrected chi connectivity index (χ4v) is 19.5. The van der Waals surface area contributed by atoms with Crippen LogP contribution < -0.4 is 14.7 Å². The zero-order valence-electron chi connectivity index (χ0n) is 74.2. The van der Waals surface area contributed by atoms with Gasteiger partial charge in [0.15, 0.2) is 0 Å². The quantitative estimate of drug-likeness (QED) is 0.0960. The minimum atomic E-state index is 0.896. The van der Waals surface area contributed by atoms with Crippen LogP contribution in [0.4, 0.5) is 51.2 Å². The summed E-state index contributed by atoms with van der Waals surface area (Å²) in [6, 6.07) is 172. The molecular weight excluding hydrogens is 1630 g/mol. The highest BCUT2D eigenvalue weighted by molar-refractivity contribution is 6.20. The Morgan fingerprint density at radius 3 is 0.910 bits per heavy atom. The van der Waals surface area contributed by atoms with Crippen molar-refractivity contribution in [2.75, 3.05) is 14.7 Å². The van der Waals surface area contributed by atoms with Gasteiger partial charge >= 0.3 is 0 Å². The van der Waals surface area contributed by atoms with Crippen molar-refractivity contribution in [3.8, 4) is 56.7 Å². The second-order valence-electron chi connectivity index (χ2n) is 34.1. The number of hydrogen-bond acceptors (Lipinski definition) is 6. The Labute approximate surface area is 777 Å². The minimum absolute atomic E-state index is 0.896. The summed E-state index contributed by atoms with van der Waals surface area (Å²) in [6.45, 7) is 6.40. The molecule has 0 aliphatic heterocycles. The smallest absolute Gasteiger partial charge is 0.138 e. The lowest BCUT2D eigenvalue weighted by atomic mass is 10.0. The van der Waals surface area contributed by atoms with Crippen LogP contribution in [0.2, 0.25) is 0 Å². The molecule has 0 spiro atoms. The lowest BCUT2D eigenvalue weighted by Crippen LogP contribution is -2.10. The third-order valence-electron chi connectivity index (χ3n) is 25.7. The van der Waals surface area contributed by atoms with Gasteiger partial charge in [-0.15, -0.1) is 0 Å². The van der Waals surface area contributed by atoms with Crippen molar-refractivity contribution in [1.82, 2.24) is 33.2 Å². The van der Waals surface area contributed by atoms with Crippen LogP contribution in [0.15, 0.2) is 492 Å². The number of benzene rings is 18. The van der Waals surface area contributed by atoms with Gasteiger partial charge in [0.2, 0.25) is 0 Å². The summed E-state index contributed by atoms with van der Waals surface area (Å²) in [6.07, 6.45) is 1.99. The Balaban J connectivity index is 0.000000114. The zero-order chi connectivity index (χ0) is 89.5. The first-order chi connectivity index (χ1) is 66.2. The van der Waals surface area contributed by atoms with E-state index >= 15 is 0 Å². The summed E-state index contributed by atoms with van der Waals surface area (Å²) in [7, 11) is 0. The number of fused-ring (bicyclic) bond motifs is 13. The van der Waals surface area contributed by atoms with Gasteiger partial charge in [-0.1, -0.05) is 314 Å². The van der Waals surface area contributed by atoms with Crippen LogP contribution in [0.25, 0.3) is 155 Å². The molecule has 7 heterocycles. The summed E-state index contributed by atoms with van der Waals surface area (Å²) < 4.78 is 9.31. The molecule has 0 fully saturated rings. The maximum absolute atomic E-state index is 5.16. The standard InChI is InChI=1S/C46H32N4.C41H29N3.C37H29N3/c1-31-21-23-33(24-22-31)48(34-25-27-35(28-26-34)49-41-16-7-3-12-37(41)38-13-4-8-17-42(38)49)44-19-10-20-45-46(44)39-14-5-9-18-43(39)50(45)36-29-32-11-2-6-15-40(32)47-30-36;1-4-14-30(15-5-1)31-26-28-34(29-27-31)43(33-18-8-3-9-19-33)38-23-13-24-39-41(38)35-20-10-11-22-37(35)44(39)40-25-12-21-36(42-40)32-16-6-2-7-17-32;1-26-18-22-29(23-19-26)39(30-24-20-27(2)21-25-30)34-15-9-16-35-37(34)31-12-6-7-14-33(31)40(35)36-17-8-13-32(38-36)28-10-4-3-5-11-28/h2-30H,1H3;1-29H;3-25H,1-2H3. The largest absolute Gasteiger partial charge is 0.310 e. The van der Waals surface area contributed by atoms with E-state index in [1.54, 1.807) is 0 Å². The van der Waals surface area contributed by atoms with E-state index in [1.807, 2.05) is 24.4 Å². The Bertz CT molecular complexity index is 8520. The molecule has 0 aliphatic rings. The van der Waals surface area contributed by atoms with Gasteiger partial charge in [-0.2, -0.15) is 0 Å². The van der Waals surface area contributed by atoms with Crippen molar-refractivity contribution >= 4 is 149 Å². The molecule has 7 aromatic heterocycles. The number of rotatable bonds is 16. The fourth-order valence-electron chi connectivity index (χ4n) is 19.5. The van der Waals surface area contributed by atoms with Gasteiger partial charge in [0.05, 0.1) is 90.0 Å². The third kappa shape index (κ3) is 14.9. The molecule has 0 radical (unpaired) electrons. The first-order valence-corrected chi connectivity index (χ1v) is 45.6. The van der Waals surface area contributed by atoms with E-state index in [0.717, 1.165) is 141 Å². The molecule has 0 unspecified atom stereocenters.